The van der Waals surface area contributed by atoms with E-state index >= 15 is 0 Å². The monoisotopic (exact) mass is 173 g/mol. The first-order valence-electron chi connectivity index (χ1n) is 2.07. The largest absolute Gasteiger partial charge is 0.387 e. The molecular formula is C3H5Cl2NO3. The second-order valence-corrected chi connectivity index (χ2v) is 2.44. The van der Waals surface area contributed by atoms with Gasteiger partial charge >= 0.3 is 5.00 Å². The molecule has 1 atom stereocenters. The van der Waals surface area contributed by atoms with Gasteiger partial charge in [-0.15, -0.1) is 11.6 Å². The second kappa shape index (κ2) is 3.20. The molecule has 0 radical (unpaired) electrons. The highest BCUT2D eigenvalue weighted by atomic mass is 35.5. The van der Waals surface area contributed by atoms with Crippen molar-refractivity contribution in [1.29, 1.82) is 0 Å². The molecular weight excluding hydrogens is 169 g/mol. The zero-order chi connectivity index (χ0) is 7.49. The molecule has 0 aliphatic rings. The van der Waals surface area contributed by atoms with Gasteiger partial charge in [-0.1, -0.05) is 0 Å². The van der Waals surface area contributed by atoms with E-state index in [2.05, 4.69) is 0 Å². The fourth-order valence-corrected chi connectivity index (χ4v) is 0.331. The number of alkyl halides is 2. The highest BCUT2D eigenvalue weighted by Crippen LogP contribution is 2.16. The molecule has 0 amide bonds. The van der Waals surface area contributed by atoms with Gasteiger partial charge in [-0.2, -0.15) is 0 Å². The fourth-order valence-electron chi connectivity index (χ4n) is 0.149. The minimum Gasteiger partial charge on any atom is -0.387 e. The Balaban J connectivity index is 4.09. The molecule has 1 N–H and O–H groups in total. The molecule has 0 aliphatic heterocycles. The first-order chi connectivity index (χ1) is 4.06. The van der Waals surface area contributed by atoms with E-state index in [1.54, 1.807) is 0 Å². The van der Waals surface area contributed by atoms with Crippen LogP contribution in [0.5, 0.6) is 0 Å². The summed E-state index contributed by atoms with van der Waals surface area (Å²) < 4.78 is 0. The smallest absolute Gasteiger partial charge is 0.330 e. The van der Waals surface area contributed by atoms with Gasteiger partial charge in [-0.25, -0.2) is 0 Å². The molecule has 0 fully saturated rings. The van der Waals surface area contributed by atoms with E-state index in [1.165, 1.54) is 0 Å². The molecule has 0 aromatic rings. The van der Waals surface area contributed by atoms with Crippen LogP contribution in [0.15, 0.2) is 0 Å². The van der Waals surface area contributed by atoms with Crippen LogP contribution in [0, 0.1) is 10.1 Å². The molecule has 4 nitrogen and oxygen atoms in total. The third kappa shape index (κ3) is 1.97. The summed E-state index contributed by atoms with van der Waals surface area (Å²) in [6, 6.07) is 0. The maximum atomic E-state index is 9.91. The average Bonchev–Trinajstić information content (AvgIpc) is 1.86. The molecule has 0 rings (SSSR count). The molecule has 0 saturated heterocycles. The average molecular weight is 174 g/mol. The van der Waals surface area contributed by atoms with Crippen molar-refractivity contribution in [1.82, 2.24) is 0 Å². The number of nitro groups is 1. The molecule has 9 heavy (non-hydrogen) atoms. The summed E-state index contributed by atoms with van der Waals surface area (Å²) in [5.41, 5.74) is 0. The van der Waals surface area contributed by atoms with E-state index < -0.39 is 22.4 Å². The van der Waals surface area contributed by atoms with Crippen molar-refractivity contribution in [3.63, 3.8) is 0 Å². The molecule has 1 unspecified atom stereocenters. The van der Waals surface area contributed by atoms with Crippen LogP contribution >= 0.6 is 23.2 Å². The predicted octanol–water partition coefficient (Wildman–Crippen LogP) is 0.429. The Labute approximate surface area is 61.5 Å². The van der Waals surface area contributed by atoms with Gasteiger partial charge in [0.25, 0.3) is 0 Å². The zero-order valence-electron chi connectivity index (χ0n) is 4.38. The van der Waals surface area contributed by atoms with Gasteiger partial charge < -0.3 is 5.11 Å². The van der Waals surface area contributed by atoms with E-state index in [4.69, 9.17) is 28.3 Å². The minimum atomic E-state index is -1.90. The first kappa shape index (κ1) is 8.94. The van der Waals surface area contributed by atoms with E-state index in [9.17, 15) is 10.1 Å². The lowest BCUT2D eigenvalue weighted by Gasteiger charge is -2.10. The summed E-state index contributed by atoms with van der Waals surface area (Å²) in [5.74, 6) is -0.405. The van der Waals surface area contributed by atoms with E-state index in [0.717, 1.165) is 0 Å². The van der Waals surface area contributed by atoms with Crippen molar-refractivity contribution in [2.45, 2.75) is 5.00 Å². The van der Waals surface area contributed by atoms with E-state index in [1.807, 2.05) is 0 Å². The van der Waals surface area contributed by atoms with Crippen molar-refractivity contribution in [3.05, 3.63) is 10.1 Å². The van der Waals surface area contributed by atoms with Crippen molar-refractivity contribution in [2.24, 2.45) is 0 Å². The van der Waals surface area contributed by atoms with Crippen LogP contribution < -0.4 is 0 Å². The topological polar surface area (TPSA) is 63.4 Å². The molecule has 0 heterocycles. The van der Waals surface area contributed by atoms with Crippen molar-refractivity contribution < 1.29 is 10.0 Å². The normalized spacial score (nSPS) is 16.8. The maximum absolute atomic E-state index is 9.91. The number of hydrogen-bond acceptors (Lipinski definition) is 3. The van der Waals surface area contributed by atoms with Crippen LogP contribution in [0.1, 0.15) is 0 Å². The summed E-state index contributed by atoms with van der Waals surface area (Å²) in [6.45, 7) is -0.759. The van der Waals surface area contributed by atoms with Crippen LogP contribution in [0.25, 0.3) is 0 Å². The van der Waals surface area contributed by atoms with Crippen molar-refractivity contribution >= 4 is 23.2 Å². The van der Waals surface area contributed by atoms with Gasteiger partial charge in [0.05, 0.1) is 0 Å². The van der Waals surface area contributed by atoms with E-state index in [-0.39, 0.29) is 0 Å². The highest BCUT2D eigenvalue weighted by Gasteiger charge is 2.38. The summed E-state index contributed by atoms with van der Waals surface area (Å²) in [6.07, 6.45) is 0. The molecule has 0 aromatic heterocycles. The third-order valence-corrected chi connectivity index (χ3v) is 1.74. The highest BCUT2D eigenvalue weighted by molar-refractivity contribution is 6.29. The number of halogens is 2. The number of hydrogen-bond donors (Lipinski definition) is 1. The molecule has 0 spiro atoms. The van der Waals surface area contributed by atoms with Gasteiger partial charge in [-0.3, -0.25) is 10.1 Å². The Bertz CT molecular complexity index is 114. The number of nitrogens with zero attached hydrogens (tertiary/aromatic N) is 1. The molecule has 0 aliphatic carbocycles. The van der Waals surface area contributed by atoms with Crippen LogP contribution in [0.4, 0.5) is 0 Å². The second-order valence-electron chi connectivity index (χ2n) is 1.47. The molecule has 54 valence electrons. The van der Waals surface area contributed by atoms with Crippen LogP contribution in [0.3, 0.4) is 0 Å². The summed E-state index contributed by atoms with van der Waals surface area (Å²) in [5, 5.41) is 18.2. The Morgan fingerprint density at radius 2 is 2.22 bits per heavy atom. The van der Waals surface area contributed by atoms with Crippen LogP contribution in [-0.4, -0.2) is 27.5 Å². The summed E-state index contributed by atoms with van der Waals surface area (Å²) >= 11 is 10.2. The van der Waals surface area contributed by atoms with Gasteiger partial charge in [0.1, 0.15) is 12.5 Å². The number of aliphatic hydroxyl groups is 1. The lowest BCUT2D eigenvalue weighted by molar-refractivity contribution is -0.539. The minimum absolute atomic E-state index is 0.405. The summed E-state index contributed by atoms with van der Waals surface area (Å²) in [7, 11) is 0. The fraction of sp³-hybridized carbons (Fsp3) is 1.00. The number of rotatable bonds is 3. The van der Waals surface area contributed by atoms with E-state index in [0.29, 0.717) is 0 Å². The lowest BCUT2D eigenvalue weighted by Crippen LogP contribution is -2.37. The van der Waals surface area contributed by atoms with Crippen LogP contribution in [-0.2, 0) is 0 Å². The predicted molar refractivity (Wildman–Crippen MR) is 33.4 cm³/mol. The van der Waals surface area contributed by atoms with Gasteiger partial charge in [-0.05, 0) is 11.6 Å². The first-order valence-corrected chi connectivity index (χ1v) is 2.98. The number of aliphatic hydroxyl groups excluding tert-OH is 1. The quantitative estimate of drug-likeness (QED) is 0.292. The Hall–Kier alpha value is -0.0600. The van der Waals surface area contributed by atoms with Crippen molar-refractivity contribution in [3.8, 4) is 0 Å². The lowest BCUT2D eigenvalue weighted by atomic mass is 10.4. The molecule has 0 aromatic carbocycles. The Morgan fingerprint density at radius 3 is 2.22 bits per heavy atom. The zero-order valence-corrected chi connectivity index (χ0v) is 5.89. The van der Waals surface area contributed by atoms with Gasteiger partial charge in [0, 0.05) is 4.92 Å². The Kier molecular flexibility index (Phi) is 3.17. The Morgan fingerprint density at radius 1 is 1.78 bits per heavy atom. The van der Waals surface area contributed by atoms with Crippen molar-refractivity contribution in [2.75, 3.05) is 12.5 Å². The molecule has 6 heteroatoms. The maximum Gasteiger partial charge on any atom is 0.330 e. The third-order valence-electron chi connectivity index (χ3n) is 0.774. The van der Waals surface area contributed by atoms with Crippen LogP contribution in [0.2, 0.25) is 0 Å². The SMILES string of the molecule is O=[N+]([O-])C(Cl)(CO)CCl. The molecule has 0 bridgehead atoms. The molecule has 0 saturated carbocycles. The summed E-state index contributed by atoms with van der Waals surface area (Å²) in [4.78, 5) is 7.19. The van der Waals surface area contributed by atoms with Gasteiger partial charge in [0.2, 0.25) is 0 Å². The van der Waals surface area contributed by atoms with Gasteiger partial charge in [0.15, 0.2) is 0 Å². The standard InChI is InChI=1S/C3H5Cl2NO3/c4-1-3(5,2-7)6(8)9/h7H,1-2H2.